The van der Waals surface area contributed by atoms with Gasteiger partial charge in [-0.1, -0.05) is 25.1 Å². The van der Waals surface area contributed by atoms with Crippen LogP contribution >= 0.6 is 23.1 Å². The van der Waals surface area contributed by atoms with Gasteiger partial charge in [0.15, 0.2) is 0 Å². The molecular weight excluding hydrogens is 416 g/mol. The molecule has 0 aliphatic rings. The summed E-state index contributed by atoms with van der Waals surface area (Å²) in [6.07, 6.45) is 1.68. The lowest BCUT2D eigenvalue weighted by atomic mass is 10.2. The first kappa shape index (κ1) is 21.7. The SMILES string of the molecule is CCSc1ccccc1NC(=O)/C(=C/c1cccs1)NC(=O)c1ccc(OC)cc1. The van der Waals surface area contributed by atoms with E-state index in [2.05, 4.69) is 17.6 Å². The molecule has 154 valence electrons. The van der Waals surface area contributed by atoms with Crippen molar-refractivity contribution in [2.45, 2.75) is 11.8 Å². The Kier molecular flexibility index (Phi) is 7.70. The maximum Gasteiger partial charge on any atom is 0.272 e. The second kappa shape index (κ2) is 10.7. The van der Waals surface area contributed by atoms with Gasteiger partial charge in [0.1, 0.15) is 11.4 Å². The number of thioether (sulfide) groups is 1. The molecule has 5 nitrogen and oxygen atoms in total. The molecule has 0 spiro atoms. The van der Waals surface area contributed by atoms with Crippen molar-refractivity contribution < 1.29 is 14.3 Å². The molecule has 1 heterocycles. The third kappa shape index (κ3) is 5.75. The molecule has 2 amide bonds. The van der Waals surface area contributed by atoms with Gasteiger partial charge in [-0.25, -0.2) is 0 Å². The van der Waals surface area contributed by atoms with Crippen LogP contribution < -0.4 is 15.4 Å². The molecular formula is C23H22N2O3S2. The Morgan fingerprint density at radius 3 is 2.50 bits per heavy atom. The quantitative estimate of drug-likeness (QED) is 0.371. The Morgan fingerprint density at radius 1 is 1.07 bits per heavy atom. The molecule has 0 radical (unpaired) electrons. The fraction of sp³-hybridized carbons (Fsp3) is 0.130. The highest BCUT2D eigenvalue weighted by Gasteiger charge is 2.16. The first-order chi connectivity index (χ1) is 14.6. The molecule has 2 aromatic carbocycles. The zero-order valence-electron chi connectivity index (χ0n) is 16.7. The number of methoxy groups -OCH3 is 1. The second-order valence-corrected chi connectivity index (χ2v) is 8.42. The number of thiophene rings is 1. The van der Waals surface area contributed by atoms with Crippen LogP contribution in [0.15, 0.2) is 76.6 Å². The van der Waals surface area contributed by atoms with Gasteiger partial charge in [0.25, 0.3) is 11.8 Å². The summed E-state index contributed by atoms with van der Waals surface area (Å²) in [5, 5.41) is 7.59. The van der Waals surface area contributed by atoms with Crippen molar-refractivity contribution in [1.82, 2.24) is 5.32 Å². The molecule has 0 saturated carbocycles. The van der Waals surface area contributed by atoms with Crippen molar-refractivity contribution in [3.8, 4) is 5.75 Å². The third-order valence-electron chi connectivity index (χ3n) is 4.11. The zero-order chi connectivity index (χ0) is 21.3. The van der Waals surface area contributed by atoms with Gasteiger partial charge >= 0.3 is 0 Å². The van der Waals surface area contributed by atoms with Crippen LogP contribution in [0, 0.1) is 0 Å². The molecule has 1 aromatic heterocycles. The van der Waals surface area contributed by atoms with Gasteiger partial charge in [-0.2, -0.15) is 0 Å². The topological polar surface area (TPSA) is 67.4 Å². The zero-order valence-corrected chi connectivity index (χ0v) is 18.3. The Bertz CT molecular complexity index is 1030. The fourth-order valence-electron chi connectivity index (χ4n) is 2.65. The van der Waals surface area contributed by atoms with Crippen molar-refractivity contribution in [3.63, 3.8) is 0 Å². The van der Waals surface area contributed by atoms with Gasteiger partial charge in [0.05, 0.1) is 12.8 Å². The maximum atomic E-state index is 13.0. The summed E-state index contributed by atoms with van der Waals surface area (Å²) in [5.41, 5.74) is 1.32. The second-order valence-electron chi connectivity index (χ2n) is 6.14. The fourth-order valence-corrected chi connectivity index (χ4v) is 4.07. The van der Waals surface area contributed by atoms with Crippen molar-refractivity contribution in [2.75, 3.05) is 18.2 Å². The Balaban J connectivity index is 1.84. The van der Waals surface area contributed by atoms with E-state index in [0.29, 0.717) is 17.0 Å². The molecule has 0 aliphatic heterocycles. The summed E-state index contributed by atoms with van der Waals surface area (Å²) in [7, 11) is 1.57. The average molecular weight is 439 g/mol. The van der Waals surface area contributed by atoms with Crippen LogP contribution in [0.5, 0.6) is 5.75 Å². The van der Waals surface area contributed by atoms with Crippen molar-refractivity contribution >= 4 is 46.7 Å². The Hall–Kier alpha value is -3.03. The number of benzene rings is 2. The minimum Gasteiger partial charge on any atom is -0.497 e. The molecule has 3 aromatic rings. The van der Waals surface area contributed by atoms with Gasteiger partial charge in [-0.15, -0.1) is 23.1 Å². The lowest BCUT2D eigenvalue weighted by Crippen LogP contribution is -2.30. The average Bonchev–Trinajstić information content (AvgIpc) is 3.28. The standard InChI is InChI=1S/C23H22N2O3S2/c1-3-29-21-9-5-4-8-19(21)24-23(27)20(15-18-7-6-14-30-18)25-22(26)16-10-12-17(28-2)13-11-16/h4-15H,3H2,1-2H3,(H,24,27)(H,25,26)/b20-15-. The van der Waals surface area contributed by atoms with Crippen LogP contribution in [-0.2, 0) is 4.79 Å². The number of carbonyl (C=O) groups excluding carboxylic acids is 2. The maximum absolute atomic E-state index is 13.0. The minimum absolute atomic E-state index is 0.176. The van der Waals surface area contributed by atoms with E-state index in [4.69, 9.17) is 4.74 Å². The van der Waals surface area contributed by atoms with Crippen molar-refractivity contribution in [3.05, 3.63) is 82.2 Å². The number of para-hydroxylation sites is 1. The molecule has 0 atom stereocenters. The van der Waals surface area contributed by atoms with Crippen LogP contribution in [0.25, 0.3) is 6.08 Å². The van der Waals surface area contributed by atoms with E-state index in [0.717, 1.165) is 15.5 Å². The number of rotatable bonds is 8. The minimum atomic E-state index is -0.380. The lowest BCUT2D eigenvalue weighted by Gasteiger charge is -2.13. The van der Waals surface area contributed by atoms with E-state index < -0.39 is 0 Å². The highest BCUT2D eigenvalue weighted by molar-refractivity contribution is 7.99. The molecule has 0 saturated heterocycles. The van der Waals surface area contributed by atoms with E-state index in [-0.39, 0.29) is 17.5 Å². The normalized spacial score (nSPS) is 11.1. The summed E-state index contributed by atoms with van der Waals surface area (Å²) >= 11 is 3.13. The molecule has 0 fully saturated rings. The van der Waals surface area contributed by atoms with Crippen LogP contribution in [0.3, 0.4) is 0 Å². The lowest BCUT2D eigenvalue weighted by molar-refractivity contribution is -0.113. The molecule has 0 aliphatic carbocycles. The summed E-state index contributed by atoms with van der Waals surface area (Å²) in [6.45, 7) is 2.06. The molecule has 2 N–H and O–H groups in total. The molecule has 0 bridgehead atoms. The Morgan fingerprint density at radius 2 is 1.83 bits per heavy atom. The number of carbonyl (C=O) groups is 2. The summed E-state index contributed by atoms with van der Waals surface area (Å²) in [4.78, 5) is 27.6. The van der Waals surface area contributed by atoms with Crippen molar-refractivity contribution in [1.29, 1.82) is 0 Å². The number of nitrogens with one attached hydrogen (secondary N) is 2. The molecule has 0 unspecified atom stereocenters. The first-order valence-electron chi connectivity index (χ1n) is 9.34. The monoisotopic (exact) mass is 438 g/mol. The Labute approximate surface area is 184 Å². The van der Waals surface area contributed by atoms with E-state index in [1.807, 2.05) is 41.8 Å². The predicted octanol–water partition coefficient (Wildman–Crippen LogP) is 5.28. The third-order valence-corrected chi connectivity index (χ3v) is 5.88. The van der Waals surface area contributed by atoms with Gasteiger partial charge in [0.2, 0.25) is 0 Å². The summed E-state index contributed by atoms with van der Waals surface area (Å²) < 4.78 is 5.13. The summed E-state index contributed by atoms with van der Waals surface area (Å²) in [5.74, 6) is 0.795. The van der Waals surface area contributed by atoms with E-state index in [9.17, 15) is 9.59 Å². The van der Waals surface area contributed by atoms with Crippen LogP contribution in [0.4, 0.5) is 5.69 Å². The number of anilines is 1. The van der Waals surface area contributed by atoms with Gasteiger partial charge in [0, 0.05) is 15.3 Å². The molecule has 30 heavy (non-hydrogen) atoms. The highest BCUT2D eigenvalue weighted by Crippen LogP contribution is 2.27. The van der Waals surface area contributed by atoms with Gasteiger partial charge < -0.3 is 15.4 Å². The first-order valence-corrected chi connectivity index (χ1v) is 11.2. The van der Waals surface area contributed by atoms with E-state index >= 15 is 0 Å². The molecule has 7 heteroatoms. The van der Waals surface area contributed by atoms with Crippen molar-refractivity contribution in [2.24, 2.45) is 0 Å². The van der Waals surface area contributed by atoms with Crippen LogP contribution in [-0.4, -0.2) is 24.7 Å². The largest absolute Gasteiger partial charge is 0.497 e. The number of hydrogen-bond donors (Lipinski definition) is 2. The number of amides is 2. The number of ether oxygens (including phenoxy) is 1. The van der Waals surface area contributed by atoms with Crippen LogP contribution in [0.2, 0.25) is 0 Å². The number of hydrogen-bond acceptors (Lipinski definition) is 5. The predicted molar refractivity (Wildman–Crippen MR) is 124 cm³/mol. The summed E-state index contributed by atoms with van der Waals surface area (Å²) in [6, 6.07) is 18.1. The smallest absolute Gasteiger partial charge is 0.272 e. The van der Waals surface area contributed by atoms with E-state index in [1.54, 1.807) is 49.2 Å². The van der Waals surface area contributed by atoms with E-state index in [1.165, 1.54) is 11.3 Å². The van der Waals surface area contributed by atoms with Crippen LogP contribution in [0.1, 0.15) is 22.2 Å². The molecule has 3 rings (SSSR count). The van der Waals surface area contributed by atoms with Gasteiger partial charge in [-0.3, -0.25) is 9.59 Å². The highest BCUT2D eigenvalue weighted by atomic mass is 32.2. The van der Waals surface area contributed by atoms with Gasteiger partial charge in [-0.05, 0) is 59.7 Å².